The van der Waals surface area contributed by atoms with E-state index in [9.17, 15) is 4.79 Å². The maximum atomic E-state index is 10.0. The first-order chi connectivity index (χ1) is 8.76. The molecule has 2 aliphatic rings. The lowest BCUT2D eigenvalue weighted by atomic mass is 10.1. The number of aldehydes is 1. The van der Waals surface area contributed by atoms with E-state index >= 15 is 0 Å². The zero-order chi connectivity index (χ0) is 13.2. The predicted octanol–water partition coefficient (Wildman–Crippen LogP) is 3.69. The van der Waals surface area contributed by atoms with Crippen molar-refractivity contribution in [2.24, 2.45) is 0 Å². The van der Waals surface area contributed by atoms with E-state index in [1.54, 1.807) is 0 Å². The van der Waals surface area contributed by atoms with Crippen LogP contribution in [-0.4, -0.2) is 25.6 Å². The Morgan fingerprint density at radius 3 is 2.89 bits per heavy atom. The first kappa shape index (κ1) is 15.6. The Morgan fingerprint density at radius 1 is 1.61 bits per heavy atom. The summed E-state index contributed by atoms with van der Waals surface area (Å²) in [5, 5.41) is 3.94. The smallest absolute Gasteiger partial charge is 0.148 e. The highest BCUT2D eigenvalue weighted by Gasteiger charge is 2.10. The average Bonchev–Trinajstić information content (AvgIpc) is 2.84. The van der Waals surface area contributed by atoms with Crippen LogP contribution < -0.4 is 0 Å². The van der Waals surface area contributed by atoms with Gasteiger partial charge in [0.05, 0.1) is 6.61 Å². The third-order valence-electron chi connectivity index (χ3n) is 2.47. The standard InChI is InChI=1S/C7H11ClOS.C6H10O2/c1-2-4-9-7-3-5-10(8)6-7;7-5-6-3-1-2-4-8-6/h3,5-6,10H,2,4H2,1H3;5-6H,1-4H2. The summed E-state index contributed by atoms with van der Waals surface area (Å²) in [6.07, 6.45) is 6.96. The summed E-state index contributed by atoms with van der Waals surface area (Å²) in [5.41, 5.74) is 0. The molecule has 0 aromatic rings. The van der Waals surface area contributed by atoms with Gasteiger partial charge in [0.15, 0.2) is 0 Å². The SMILES string of the molecule is CCCOC1=C[SH](Cl)C=C1.O=CC1CCCCO1. The first-order valence-electron chi connectivity index (χ1n) is 6.30. The van der Waals surface area contributed by atoms with Crippen molar-refractivity contribution >= 4 is 27.1 Å². The minimum absolute atomic E-state index is 0.0938. The number of ether oxygens (including phenoxy) is 2. The van der Waals surface area contributed by atoms with Crippen LogP contribution in [0.15, 0.2) is 22.7 Å². The highest BCUT2D eigenvalue weighted by molar-refractivity contribution is 8.40. The molecule has 2 rings (SSSR count). The van der Waals surface area contributed by atoms with Gasteiger partial charge in [0.2, 0.25) is 0 Å². The van der Waals surface area contributed by atoms with Gasteiger partial charge in [-0.3, -0.25) is 0 Å². The molecule has 0 spiro atoms. The molecule has 0 aromatic carbocycles. The van der Waals surface area contributed by atoms with E-state index in [4.69, 9.17) is 20.2 Å². The van der Waals surface area contributed by atoms with Gasteiger partial charge in [0.1, 0.15) is 18.1 Å². The number of halogens is 1. The fourth-order valence-electron chi connectivity index (χ4n) is 1.53. The molecule has 18 heavy (non-hydrogen) atoms. The fraction of sp³-hybridized carbons (Fsp3) is 0.615. The summed E-state index contributed by atoms with van der Waals surface area (Å²) >= 11 is 0. The molecule has 0 bridgehead atoms. The van der Waals surface area contributed by atoms with Gasteiger partial charge in [-0.15, -0.1) is 10.1 Å². The van der Waals surface area contributed by atoms with Crippen molar-refractivity contribution < 1.29 is 14.3 Å². The molecular weight excluding hydrogens is 272 g/mol. The number of carbonyl (C=O) groups is 1. The number of hydrogen-bond donors (Lipinski definition) is 1. The Hall–Kier alpha value is -0.450. The summed E-state index contributed by atoms with van der Waals surface area (Å²) in [5.74, 6) is 0.933. The molecular formula is C13H21ClO3S. The van der Waals surface area contributed by atoms with Gasteiger partial charge in [-0.2, -0.15) is 0 Å². The monoisotopic (exact) mass is 292 g/mol. The molecule has 0 aromatic heterocycles. The maximum absolute atomic E-state index is 10.0. The molecule has 0 amide bonds. The number of allylic oxidation sites excluding steroid dienone is 1. The zero-order valence-electron chi connectivity index (χ0n) is 10.7. The van der Waals surface area contributed by atoms with Crippen LogP contribution in [0.2, 0.25) is 0 Å². The highest BCUT2D eigenvalue weighted by Crippen LogP contribution is 2.40. The normalized spacial score (nSPS) is 28.0. The van der Waals surface area contributed by atoms with Crippen molar-refractivity contribution in [2.75, 3.05) is 13.2 Å². The van der Waals surface area contributed by atoms with Gasteiger partial charge >= 0.3 is 0 Å². The Labute approximate surface area is 116 Å². The molecule has 3 nitrogen and oxygen atoms in total. The zero-order valence-corrected chi connectivity index (χ0v) is 12.3. The van der Waals surface area contributed by atoms with E-state index in [1.165, 1.54) is 0 Å². The van der Waals surface area contributed by atoms with Gasteiger partial charge in [0, 0.05) is 12.0 Å². The Bertz CT molecular complexity index is 299. The van der Waals surface area contributed by atoms with E-state index in [0.717, 1.165) is 50.9 Å². The Morgan fingerprint density at radius 2 is 2.44 bits per heavy atom. The van der Waals surface area contributed by atoms with Crippen LogP contribution in [0.4, 0.5) is 0 Å². The lowest BCUT2D eigenvalue weighted by molar-refractivity contribution is -0.120. The molecule has 0 N–H and O–H groups in total. The van der Waals surface area contributed by atoms with Crippen LogP contribution in [0.5, 0.6) is 0 Å². The summed E-state index contributed by atoms with van der Waals surface area (Å²) in [6.45, 7) is 3.64. The number of carbonyl (C=O) groups excluding carboxylic acids is 1. The van der Waals surface area contributed by atoms with Crippen molar-refractivity contribution in [2.45, 2.75) is 38.7 Å². The summed E-state index contributed by atoms with van der Waals surface area (Å²) in [6, 6.07) is 0. The second-order valence-corrected chi connectivity index (χ2v) is 6.50. The van der Waals surface area contributed by atoms with Crippen LogP contribution in [0.25, 0.3) is 0 Å². The van der Waals surface area contributed by atoms with Crippen LogP contribution in [0, 0.1) is 0 Å². The quantitative estimate of drug-likeness (QED) is 0.634. The van der Waals surface area contributed by atoms with E-state index in [2.05, 4.69) is 6.92 Å². The molecule has 0 saturated carbocycles. The first-order valence-corrected chi connectivity index (χ1v) is 8.68. The summed E-state index contributed by atoms with van der Waals surface area (Å²) in [7, 11) is 5.29. The summed E-state index contributed by atoms with van der Waals surface area (Å²) < 4.78 is 10.4. The van der Waals surface area contributed by atoms with Gasteiger partial charge in [0.25, 0.3) is 0 Å². The highest BCUT2D eigenvalue weighted by atomic mass is 35.7. The third-order valence-corrected chi connectivity index (χ3v) is 4.04. The van der Waals surface area contributed by atoms with Crippen LogP contribution in [0.1, 0.15) is 32.6 Å². The van der Waals surface area contributed by atoms with Crippen molar-refractivity contribution in [3.63, 3.8) is 0 Å². The minimum Gasteiger partial charge on any atom is -0.493 e. The van der Waals surface area contributed by atoms with E-state index in [0.29, 0.717) is 0 Å². The van der Waals surface area contributed by atoms with E-state index in [-0.39, 0.29) is 6.10 Å². The second kappa shape index (κ2) is 9.48. The van der Waals surface area contributed by atoms with Gasteiger partial charge in [-0.25, -0.2) is 0 Å². The van der Waals surface area contributed by atoms with E-state index < -0.39 is 10.1 Å². The fourth-order valence-corrected chi connectivity index (χ4v) is 2.77. The molecule has 2 unspecified atom stereocenters. The van der Waals surface area contributed by atoms with Crippen LogP contribution >= 0.6 is 20.8 Å². The number of rotatable bonds is 4. The molecule has 2 aliphatic heterocycles. The molecule has 0 radical (unpaired) electrons. The van der Waals surface area contributed by atoms with Crippen molar-refractivity contribution in [1.82, 2.24) is 0 Å². The Balaban J connectivity index is 0.000000184. The molecule has 2 heterocycles. The number of thiol groups is 1. The maximum Gasteiger partial charge on any atom is 0.148 e. The lowest BCUT2D eigenvalue weighted by Crippen LogP contribution is -2.19. The van der Waals surface area contributed by atoms with E-state index in [1.807, 2.05) is 16.9 Å². The molecule has 1 fully saturated rings. The molecule has 2 atom stereocenters. The van der Waals surface area contributed by atoms with Gasteiger partial charge in [-0.05, 0) is 37.2 Å². The topological polar surface area (TPSA) is 35.5 Å². The minimum atomic E-state index is -0.516. The van der Waals surface area contributed by atoms with Gasteiger partial charge in [-0.1, -0.05) is 17.6 Å². The third kappa shape index (κ3) is 6.47. The predicted molar refractivity (Wildman–Crippen MR) is 78.0 cm³/mol. The lowest BCUT2D eigenvalue weighted by Gasteiger charge is -2.16. The van der Waals surface area contributed by atoms with Crippen molar-refractivity contribution in [3.8, 4) is 0 Å². The van der Waals surface area contributed by atoms with Crippen molar-refractivity contribution in [1.29, 1.82) is 0 Å². The largest absolute Gasteiger partial charge is 0.493 e. The second-order valence-electron chi connectivity index (χ2n) is 4.08. The molecule has 5 heteroatoms. The molecule has 0 aliphatic carbocycles. The molecule has 104 valence electrons. The van der Waals surface area contributed by atoms with Crippen LogP contribution in [0.3, 0.4) is 0 Å². The Kier molecular flexibility index (Phi) is 8.22. The van der Waals surface area contributed by atoms with Crippen LogP contribution in [-0.2, 0) is 14.3 Å². The van der Waals surface area contributed by atoms with Crippen molar-refractivity contribution in [3.05, 3.63) is 22.7 Å². The van der Waals surface area contributed by atoms with Gasteiger partial charge < -0.3 is 14.3 Å². The summed E-state index contributed by atoms with van der Waals surface area (Å²) in [4.78, 5) is 10.0. The molecule has 1 saturated heterocycles. The average molecular weight is 293 g/mol. The number of hydrogen-bond acceptors (Lipinski definition) is 3.